The standard InChI is InChI=1S/C16H24ClN3O/c1-16(2,3)13-6-7-20(10-13)9-12-5-4-11(8-14(12)17)15(18)19-21/h4-5,8,13,21H,6-7,9-10H2,1-3H3,(H2,18,19). The average Bonchev–Trinajstić information content (AvgIpc) is 2.88. The van der Waals surface area contributed by atoms with Gasteiger partial charge in [-0.05, 0) is 35.9 Å². The molecule has 0 spiro atoms. The van der Waals surface area contributed by atoms with E-state index in [4.69, 9.17) is 22.5 Å². The van der Waals surface area contributed by atoms with Crippen LogP contribution in [0.4, 0.5) is 0 Å². The molecule has 1 fully saturated rings. The topological polar surface area (TPSA) is 61.8 Å². The molecule has 1 unspecified atom stereocenters. The molecule has 21 heavy (non-hydrogen) atoms. The molecule has 2 rings (SSSR count). The summed E-state index contributed by atoms with van der Waals surface area (Å²) in [5.41, 5.74) is 7.65. The number of hydrogen-bond donors (Lipinski definition) is 2. The van der Waals surface area contributed by atoms with Crippen molar-refractivity contribution in [1.82, 2.24) is 4.90 Å². The van der Waals surface area contributed by atoms with Crippen LogP contribution in [0.1, 0.15) is 38.3 Å². The number of nitrogens with two attached hydrogens (primary N) is 1. The Hall–Kier alpha value is -1.26. The Morgan fingerprint density at radius 2 is 2.19 bits per heavy atom. The molecule has 1 saturated heterocycles. The number of nitrogens with zero attached hydrogens (tertiary/aromatic N) is 2. The maximum atomic E-state index is 8.70. The SMILES string of the molecule is CC(C)(C)C1CCN(Cc2ccc(/C(N)=N/O)cc2Cl)C1. The molecule has 3 N–H and O–H groups in total. The van der Waals surface area contributed by atoms with Crippen molar-refractivity contribution >= 4 is 17.4 Å². The van der Waals surface area contributed by atoms with Crippen molar-refractivity contribution in [3.05, 3.63) is 34.3 Å². The van der Waals surface area contributed by atoms with Crippen molar-refractivity contribution in [2.24, 2.45) is 22.2 Å². The number of halogens is 1. The predicted molar refractivity (Wildman–Crippen MR) is 86.8 cm³/mol. The zero-order valence-electron chi connectivity index (χ0n) is 12.9. The summed E-state index contributed by atoms with van der Waals surface area (Å²) in [5.74, 6) is 0.810. The van der Waals surface area contributed by atoms with E-state index in [0.717, 1.165) is 31.1 Å². The molecule has 1 aromatic carbocycles. The van der Waals surface area contributed by atoms with Crippen LogP contribution in [0.2, 0.25) is 5.02 Å². The molecule has 0 bridgehead atoms. The van der Waals surface area contributed by atoms with E-state index in [1.807, 2.05) is 12.1 Å². The van der Waals surface area contributed by atoms with Gasteiger partial charge in [0.05, 0.1) is 0 Å². The summed E-state index contributed by atoms with van der Waals surface area (Å²) >= 11 is 6.32. The minimum absolute atomic E-state index is 0.0809. The monoisotopic (exact) mass is 309 g/mol. The van der Waals surface area contributed by atoms with Crippen LogP contribution >= 0.6 is 11.6 Å². The molecule has 0 aliphatic carbocycles. The highest BCUT2D eigenvalue weighted by atomic mass is 35.5. The molecule has 1 aliphatic heterocycles. The normalized spacial score (nSPS) is 21.0. The Labute approximate surface area is 131 Å². The number of likely N-dealkylation sites (tertiary alicyclic amines) is 1. The van der Waals surface area contributed by atoms with Crippen LogP contribution in [0.25, 0.3) is 0 Å². The zero-order valence-corrected chi connectivity index (χ0v) is 13.7. The maximum absolute atomic E-state index is 8.70. The van der Waals surface area contributed by atoms with E-state index in [1.54, 1.807) is 6.07 Å². The molecule has 0 amide bonds. The Bertz CT molecular complexity index is 537. The summed E-state index contributed by atoms with van der Waals surface area (Å²) < 4.78 is 0. The van der Waals surface area contributed by atoms with Crippen molar-refractivity contribution < 1.29 is 5.21 Å². The molecular weight excluding hydrogens is 286 g/mol. The summed E-state index contributed by atoms with van der Waals surface area (Å²) in [7, 11) is 0. The van der Waals surface area contributed by atoms with E-state index in [9.17, 15) is 0 Å². The van der Waals surface area contributed by atoms with Gasteiger partial charge in [0.2, 0.25) is 0 Å². The van der Waals surface area contributed by atoms with Crippen LogP contribution in [0.5, 0.6) is 0 Å². The Morgan fingerprint density at radius 1 is 1.48 bits per heavy atom. The summed E-state index contributed by atoms with van der Waals surface area (Å²) in [6.45, 7) is 9.99. The van der Waals surface area contributed by atoms with Gasteiger partial charge in [-0.3, -0.25) is 4.90 Å². The van der Waals surface area contributed by atoms with Gasteiger partial charge in [0.25, 0.3) is 0 Å². The molecule has 5 heteroatoms. The second kappa shape index (κ2) is 6.24. The first-order valence-corrected chi connectivity index (χ1v) is 7.67. The van der Waals surface area contributed by atoms with Gasteiger partial charge in [0, 0.05) is 23.7 Å². The van der Waals surface area contributed by atoms with E-state index in [2.05, 4.69) is 30.8 Å². The summed E-state index contributed by atoms with van der Waals surface area (Å²) in [5, 5.41) is 12.4. The first-order chi connectivity index (χ1) is 9.81. The Balaban J connectivity index is 2.05. The number of rotatable bonds is 3. The Kier molecular flexibility index (Phi) is 4.79. The molecule has 1 aliphatic rings. The molecule has 4 nitrogen and oxygen atoms in total. The summed E-state index contributed by atoms with van der Waals surface area (Å²) in [4.78, 5) is 2.44. The second-order valence-electron chi connectivity index (χ2n) is 6.88. The first kappa shape index (κ1) is 16.1. The average molecular weight is 310 g/mol. The van der Waals surface area contributed by atoms with Crippen LogP contribution in [0.15, 0.2) is 23.4 Å². The number of hydrogen-bond acceptors (Lipinski definition) is 3. The van der Waals surface area contributed by atoms with Crippen LogP contribution in [-0.4, -0.2) is 29.0 Å². The summed E-state index contributed by atoms with van der Waals surface area (Å²) in [6.07, 6.45) is 1.24. The van der Waals surface area contributed by atoms with E-state index >= 15 is 0 Å². The van der Waals surface area contributed by atoms with E-state index < -0.39 is 0 Å². The third-order valence-corrected chi connectivity index (χ3v) is 4.70. The van der Waals surface area contributed by atoms with Crippen molar-refractivity contribution in [3.63, 3.8) is 0 Å². The zero-order chi connectivity index (χ0) is 15.6. The molecule has 0 radical (unpaired) electrons. The lowest BCUT2D eigenvalue weighted by Crippen LogP contribution is -2.26. The fourth-order valence-corrected chi connectivity index (χ4v) is 3.06. The van der Waals surface area contributed by atoms with Crippen LogP contribution in [0, 0.1) is 11.3 Å². The lowest BCUT2D eigenvalue weighted by Gasteiger charge is -2.27. The van der Waals surface area contributed by atoms with Gasteiger partial charge in [-0.15, -0.1) is 0 Å². The second-order valence-corrected chi connectivity index (χ2v) is 7.29. The van der Waals surface area contributed by atoms with E-state index in [1.165, 1.54) is 6.42 Å². The molecule has 1 aromatic rings. The third-order valence-electron chi connectivity index (χ3n) is 4.35. The number of benzene rings is 1. The van der Waals surface area contributed by atoms with Crippen molar-refractivity contribution in [2.75, 3.05) is 13.1 Å². The van der Waals surface area contributed by atoms with Crippen molar-refractivity contribution in [1.29, 1.82) is 0 Å². The molecule has 116 valence electrons. The predicted octanol–water partition coefficient (Wildman–Crippen LogP) is 3.30. The first-order valence-electron chi connectivity index (χ1n) is 7.30. The highest BCUT2D eigenvalue weighted by Crippen LogP contribution is 2.34. The molecule has 0 aromatic heterocycles. The largest absolute Gasteiger partial charge is 0.409 e. The Morgan fingerprint density at radius 3 is 2.71 bits per heavy atom. The van der Waals surface area contributed by atoms with Crippen LogP contribution in [0.3, 0.4) is 0 Å². The quantitative estimate of drug-likeness (QED) is 0.390. The van der Waals surface area contributed by atoms with E-state index in [-0.39, 0.29) is 5.84 Å². The van der Waals surface area contributed by atoms with Gasteiger partial charge in [0.15, 0.2) is 5.84 Å². The maximum Gasteiger partial charge on any atom is 0.170 e. The molecule has 1 atom stereocenters. The van der Waals surface area contributed by atoms with Crippen molar-refractivity contribution in [3.8, 4) is 0 Å². The summed E-state index contributed by atoms with van der Waals surface area (Å²) in [6, 6.07) is 5.55. The number of amidine groups is 1. The smallest absolute Gasteiger partial charge is 0.170 e. The fourth-order valence-electron chi connectivity index (χ4n) is 2.82. The highest BCUT2D eigenvalue weighted by molar-refractivity contribution is 6.31. The molecule has 0 saturated carbocycles. The molecule has 1 heterocycles. The minimum atomic E-state index is 0.0809. The van der Waals surface area contributed by atoms with Crippen LogP contribution < -0.4 is 5.73 Å². The van der Waals surface area contributed by atoms with Crippen molar-refractivity contribution in [2.45, 2.75) is 33.7 Å². The van der Waals surface area contributed by atoms with Crippen LogP contribution in [-0.2, 0) is 6.54 Å². The fraction of sp³-hybridized carbons (Fsp3) is 0.562. The van der Waals surface area contributed by atoms with Gasteiger partial charge >= 0.3 is 0 Å². The van der Waals surface area contributed by atoms with E-state index in [0.29, 0.717) is 16.0 Å². The minimum Gasteiger partial charge on any atom is -0.409 e. The van der Waals surface area contributed by atoms with Gasteiger partial charge < -0.3 is 10.9 Å². The highest BCUT2D eigenvalue weighted by Gasteiger charge is 2.31. The van der Waals surface area contributed by atoms with Gasteiger partial charge in [-0.25, -0.2) is 0 Å². The van der Waals surface area contributed by atoms with Gasteiger partial charge in [-0.2, -0.15) is 0 Å². The molecular formula is C16H24ClN3O. The van der Waals surface area contributed by atoms with Gasteiger partial charge in [0.1, 0.15) is 0 Å². The van der Waals surface area contributed by atoms with Gasteiger partial charge in [-0.1, -0.05) is 49.7 Å². The lowest BCUT2D eigenvalue weighted by atomic mass is 9.80. The number of oxime groups is 1. The lowest BCUT2D eigenvalue weighted by molar-refractivity contribution is 0.226. The third kappa shape index (κ3) is 3.89.